The van der Waals surface area contributed by atoms with Crippen LogP contribution in [0.3, 0.4) is 0 Å². The van der Waals surface area contributed by atoms with Gasteiger partial charge in [0.15, 0.2) is 0 Å². The summed E-state index contributed by atoms with van der Waals surface area (Å²) in [6, 6.07) is -0.343. The van der Waals surface area contributed by atoms with Crippen LogP contribution in [0.15, 0.2) is 12.4 Å². The molecule has 1 amide bonds. The molecule has 6 heteroatoms. The number of carboxylic acid groups (broad SMARTS) is 1. The molecule has 0 saturated carbocycles. The predicted octanol–water partition coefficient (Wildman–Crippen LogP) is 0.393. The van der Waals surface area contributed by atoms with E-state index >= 15 is 0 Å². The first-order chi connectivity index (χ1) is 7.13. The average molecular weight is 211 g/mol. The largest absolute Gasteiger partial charge is 0.481 e. The van der Waals surface area contributed by atoms with Gasteiger partial charge in [-0.15, -0.1) is 0 Å². The number of hydrogen-bond acceptors (Lipinski definition) is 3. The zero-order valence-corrected chi connectivity index (χ0v) is 8.36. The molecule has 0 radical (unpaired) electrons. The summed E-state index contributed by atoms with van der Waals surface area (Å²) >= 11 is 0. The highest BCUT2D eigenvalue weighted by Crippen LogP contribution is 2.01. The third kappa shape index (κ3) is 3.41. The second-order valence-corrected chi connectivity index (χ2v) is 3.16. The van der Waals surface area contributed by atoms with Crippen molar-refractivity contribution in [2.45, 2.75) is 25.8 Å². The Hall–Kier alpha value is -1.85. The van der Waals surface area contributed by atoms with Crippen LogP contribution in [0.5, 0.6) is 0 Å². The fourth-order valence-electron chi connectivity index (χ4n) is 1.15. The van der Waals surface area contributed by atoms with Crippen LogP contribution in [-0.2, 0) is 4.79 Å². The molecule has 3 N–H and O–H groups in total. The first-order valence-electron chi connectivity index (χ1n) is 4.65. The Morgan fingerprint density at radius 2 is 2.40 bits per heavy atom. The summed E-state index contributed by atoms with van der Waals surface area (Å²) < 4.78 is 0. The maximum atomic E-state index is 11.5. The normalized spacial score (nSPS) is 12.1. The monoisotopic (exact) mass is 211 g/mol. The number of H-pyrrole nitrogens is 1. The van der Waals surface area contributed by atoms with Crippen LogP contribution >= 0.6 is 0 Å². The van der Waals surface area contributed by atoms with Crippen molar-refractivity contribution in [2.24, 2.45) is 0 Å². The summed E-state index contributed by atoms with van der Waals surface area (Å²) in [5.74, 6) is -1.23. The van der Waals surface area contributed by atoms with Gasteiger partial charge in [0.25, 0.3) is 5.91 Å². The Balaban J connectivity index is 2.52. The lowest BCUT2D eigenvalue weighted by Crippen LogP contribution is -2.35. The molecule has 0 aliphatic rings. The number of rotatable bonds is 5. The Morgan fingerprint density at radius 3 is 2.87 bits per heavy atom. The number of aromatic amines is 1. The lowest BCUT2D eigenvalue weighted by Gasteiger charge is -2.13. The van der Waals surface area contributed by atoms with Crippen molar-refractivity contribution in [3.8, 4) is 0 Å². The average Bonchev–Trinajstić information content (AvgIpc) is 2.68. The van der Waals surface area contributed by atoms with Gasteiger partial charge in [-0.05, 0) is 6.42 Å². The van der Waals surface area contributed by atoms with Gasteiger partial charge in [0.2, 0.25) is 0 Å². The van der Waals surface area contributed by atoms with E-state index in [2.05, 4.69) is 15.5 Å². The maximum absolute atomic E-state index is 11.5. The van der Waals surface area contributed by atoms with Crippen LogP contribution in [0, 0.1) is 0 Å². The van der Waals surface area contributed by atoms with E-state index in [1.165, 1.54) is 12.4 Å². The minimum atomic E-state index is -0.922. The van der Waals surface area contributed by atoms with E-state index in [0.29, 0.717) is 12.0 Å². The molecule has 15 heavy (non-hydrogen) atoms. The van der Waals surface area contributed by atoms with Gasteiger partial charge in [0.1, 0.15) is 0 Å². The standard InChI is InChI=1S/C9H13N3O3/c1-2-7(3-8(13)14)12-9(15)6-4-10-11-5-6/h4-5,7H,2-3H2,1H3,(H,10,11)(H,12,15)(H,13,14). The molecule has 6 nitrogen and oxygen atoms in total. The number of carbonyl (C=O) groups is 2. The lowest BCUT2D eigenvalue weighted by atomic mass is 10.1. The highest BCUT2D eigenvalue weighted by Gasteiger charge is 2.15. The second-order valence-electron chi connectivity index (χ2n) is 3.16. The molecule has 0 bridgehead atoms. The summed E-state index contributed by atoms with van der Waals surface area (Å²) in [4.78, 5) is 22.0. The first kappa shape index (κ1) is 11.2. The van der Waals surface area contributed by atoms with Gasteiger partial charge in [-0.3, -0.25) is 14.7 Å². The Kier molecular flexibility index (Phi) is 3.84. The summed E-state index contributed by atoms with van der Waals surface area (Å²) in [6.45, 7) is 1.82. The predicted molar refractivity (Wildman–Crippen MR) is 52.4 cm³/mol. The van der Waals surface area contributed by atoms with Gasteiger partial charge >= 0.3 is 5.97 Å². The summed E-state index contributed by atoms with van der Waals surface area (Å²) in [5.41, 5.74) is 0.402. The number of carbonyl (C=O) groups excluding carboxylic acids is 1. The van der Waals surface area contributed by atoms with Crippen molar-refractivity contribution in [2.75, 3.05) is 0 Å². The van der Waals surface area contributed by atoms with Gasteiger partial charge < -0.3 is 10.4 Å². The topological polar surface area (TPSA) is 95.1 Å². The Morgan fingerprint density at radius 1 is 1.67 bits per heavy atom. The number of nitrogens with zero attached hydrogens (tertiary/aromatic N) is 1. The molecule has 0 aliphatic heterocycles. The molecule has 0 spiro atoms. The van der Waals surface area contributed by atoms with E-state index in [9.17, 15) is 9.59 Å². The van der Waals surface area contributed by atoms with Crippen molar-refractivity contribution in [3.05, 3.63) is 18.0 Å². The van der Waals surface area contributed by atoms with Crippen LogP contribution in [-0.4, -0.2) is 33.2 Å². The van der Waals surface area contributed by atoms with Gasteiger partial charge in [0.05, 0.1) is 18.2 Å². The van der Waals surface area contributed by atoms with Crippen LogP contribution in [0.4, 0.5) is 0 Å². The molecular weight excluding hydrogens is 198 g/mol. The molecule has 82 valence electrons. The zero-order valence-electron chi connectivity index (χ0n) is 8.36. The van der Waals surface area contributed by atoms with E-state index in [0.717, 1.165) is 0 Å². The van der Waals surface area contributed by atoms with Gasteiger partial charge in [-0.2, -0.15) is 5.10 Å². The molecule has 1 unspecified atom stereocenters. The fraction of sp³-hybridized carbons (Fsp3) is 0.444. The molecular formula is C9H13N3O3. The molecule has 1 heterocycles. The van der Waals surface area contributed by atoms with Crippen molar-refractivity contribution >= 4 is 11.9 Å². The molecule has 0 aromatic carbocycles. The molecule has 0 aliphatic carbocycles. The lowest BCUT2D eigenvalue weighted by molar-refractivity contribution is -0.137. The van der Waals surface area contributed by atoms with E-state index in [-0.39, 0.29) is 18.4 Å². The van der Waals surface area contributed by atoms with E-state index in [1.807, 2.05) is 6.92 Å². The number of hydrogen-bond donors (Lipinski definition) is 3. The Labute approximate surface area is 86.7 Å². The molecule has 1 rings (SSSR count). The third-order valence-corrected chi connectivity index (χ3v) is 2.01. The summed E-state index contributed by atoms with van der Waals surface area (Å²) in [5, 5.41) is 17.4. The summed E-state index contributed by atoms with van der Waals surface area (Å²) in [7, 11) is 0. The number of aromatic nitrogens is 2. The van der Waals surface area contributed by atoms with Gasteiger partial charge in [-0.1, -0.05) is 6.92 Å². The SMILES string of the molecule is CCC(CC(=O)O)NC(=O)c1cn[nH]c1. The second kappa shape index (κ2) is 5.14. The minimum Gasteiger partial charge on any atom is -0.481 e. The van der Waals surface area contributed by atoms with Crippen LogP contribution in [0.1, 0.15) is 30.1 Å². The van der Waals surface area contributed by atoms with Crippen molar-refractivity contribution in [1.82, 2.24) is 15.5 Å². The van der Waals surface area contributed by atoms with Crippen molar-refractivity contribution < 1.29 is 14.7 Å². The molecule has 1 atom stereocenters. The van der Waals surface area contributed by atoms with E-state index in [4.69, 9.17) is 5.11 Å². The smallest absolute Gasteiger partial charge is 0.305 e. The maximum Gasteiger partial charge on any atom is 0.305 e. The van der Waals surface area contributed by atoms with Crippen LogP contribution < -0.4 is 5.32 Å². The number of carboxylic acids is 1. The van der Waals surface area contributed by atoms with Crippen LogP contribution in [0.25, 0.3) is 0 Å². The quantitative estimate of drug-likeness (QED) is 0.656. The fourth-order valence-corrected chi connectivity index (χ4v) is 1.15. The van der Waals surface area contributed by atoms with Crippen LogP contribution in [0.2, 0.25) is 0 Å². The highest BCUT2D eigenvalue weighted by atomic mass is 16.4. The number of amides is 1. The first-order valence-corrected chi connectivity index (χ1v) is 4.65. The van der Waals surface area contributed by atoms with Gasteiger partial charge in [0, 0.05) is 12.2 Å². The van der Waals surface area contributed by atoms with Crippen molar-refractivity contribution in [1.29, 1.82) is 0 Å². The number of aliphatic carboxylic acids is 1. The van der Waals surface area contributed by atoms with E-state index in [1.54, 1.807) is 0 Å². The van der Waals surface area contributed by atoms with Gasteiger partial charge in [-0.25, -0.2) is 0 Å². The van der Waals surface area contributed by atoms with E-state index < -0.39 is 5.97 Å². The molecule has 1 aromatic heterocycles. The van der Waals surface area contributed by atoms with Crippen molar-refractivity contribution in [3.63, 3.8) is 0 Å². The molecule has 0 saturated heterocycles. The summed E-state index contributed by atoms with van der Waals surface area (Å²) in [6.07, 6.45) is 3.36. The third-order valence-electron chi connectivity index (χ3n) is 2.01. The number of nitrogens with one attached hydrogen (secondary N) is 2. The Bertz CT molecular complexity index is 334. The zero-order chi connectivity index (χ0) is 11.3. The molecule has 1 aromatic rings. The highest BCUT2D eigenvalue weighted by molar-refractivity contribution is 5.94. The minimum absolute atomic E-state index is 0.0694. The molecule has 0 fully saturated rings.